The largest absolute Gasteiger partial charge is 0.328 e. The molecule has 1 saturated carbocycles. The second-order valence-corrected chi connectivity index (χ2v) is 3.42. The Bertz CT molecular complexity index is 96.3. The molecule has 10 heavy (non-hydrogen) atoms. The quantitative estimate of drug-likeness (QED) is 0.668. The lowest BCUT2D eigenvalue weighted by molar-refractivity contribution is 0.105. The van der Waals surface area contributed by atoms with E-state index < -0.39 is 0 Å². The zero-order valence-corrected chi connectivity index (χ0v) is 7.09. The van der Waals surface area contributed by atoms with Gasteiger partial charge in [-0.25, -0.2) is 0 Å². The summed E-state index contributed by atoms with van der Waals surface area (Å²) < 4.78 is 11.8. The number of halogens is 2. The van der Waals surface area contributed by atoms with Crippen LogP contribution in [0.2, 0.25) is 0 Å². The molecular weight excluding hydrogens is 153 g/mol. The summed E-state index contributed by atoms with van der Waals surface area (Å²) in [5.74, 6) is 0. The Balaban J connectivity index is 0.000000810. The minimum atomic E-state index is -0.191. The van der Waals surface area contributed by atoms with E-state index in [9.17, 15) is 4.39 Å². The molecule has 62 valence electrons. The van der Waals surface area contributed by atoms with Crippen LogP contribution in [0, 0.1) is 5.41 Å². The van der Waals surface area contributed by atoms with Gasteiger partial charge in [0.05, 0.1) is 6.67 Å². The fourth-order valence-corrected chi connectivity index (χ4v) is 1.64. The van der Waals surface area contributed by atoms with Crippen molar-refractivity contribution in [3.63, 3.8) is 0 Å². The van der Waals surface area contributed by atoms with E-state index in [-0.39, 0.29) is 24.5 Å². The molecule has 3 heteroatoms. The molecule has 1 rings (SSSR count). The molecule has 0 heterocycles. The summed E-state index contributed by atoms with van der Waals surface area (Å²) in [5, 5.41) is 0. The second kappa shape index (κ2) is 3.54. The van der Waals surface area contributed by atoms with Gasteiger partial charge >= 0.3 is 0 Å². The third kappa shape index (κ3) is 2.10. The molecule has 0 amide bonds. The van der Waals surface area contributed by atoms with Gasteiger partial charge < -0.3 is 5.73 Å². The molecule has 0 spiro atoms. The Hall–Kier alpha value is 0.180. The summed E-state index contributed by atoms with van der Waals surface area (Å²) in [4.78, 5) is 0. The first-order chi connectivity index (χ1) is 4.16. The van der Waals surface area contributed by atoms with E-state index in [0.717, 1.165) is 12.8 Å². The van der Waals surface area contributed by atoms with Gasteiger partial charge in [-0.2, -0.15) is 0 Å². The van der Waals surface area contributed by atoms with Crippen molar-refractivity contribution in [3.8, 4) is 0 Å². The molecule has 0 atom stereocenters. The van der Waals surface area contributed by atoms with Gasteiger partial charge in [-0.05, 0) is 24.7 Å². The van der Waals surface area contributed by atoms with E-state index in [1.54, 1.807) is 0 Å². The Morgan fingerprint density at radius 1 is 1.60 bits per heavy atom. The van der Waals surface area contributed by atoms with Crippen molar-refractivity contribution in [2.75, 3.05) is 6.67 Å². The minimum Gasteiger partial charge on any atom is -0.328 e. The van der Waals surface area contributed by atoms with Crippen molar-refractivity contribution < 1.29 is 4.39 Å². The summed E-state index contributed by atoms with van der Waals surface area (Å²) in [6.45, 7) is 1.92. The Morgan fingerprint density at radius 2 is 2.10 bits per heavy atom. The molecule has 0 unspecified atom stereocenters. The average Bonchev–Trinajstić information content (AvgIpc) is 1.62. The molecule has 0 bridgehead atoms. The van der Waals surface area contributed by atoms with Crippen molar-refractivity contribution in [2.45, 2.75) is 32.2 Å². The summed E-state index contributed by atoms with van der Waals surface area (Å²) in [6.07, 6.45) is 2.72. The van der Waals surface area contributed by atoms with Crippen molar-refractivity contribution in [2.24, 2.45) is 11.1 Å². The van der Waals surface area contributed by atoms with Gasteiger partial charge in [-0.3, -0.25) is 4.39 Å². The molecule has 0 aliphatic heterocycles. The van der Waals surface area contributed by atoms with Crippen molar-refractivity contribution >= 4 is 12.4 Å². The van der Waals surface area contributed by atoms with E-state index in [1.807, 2.05) is 0 Å². The van der Waals surface area contributed by atoms with Crippen LogP contribution in [0.15, 0.2) is 0 Å². The third-order valence-corrected chi connectivity index (χ3v) is 2.21. The van der Waals surface area contributed by atoms with Crippen LogP contribution in [0.4, 0.5) is 4.39 Å². The number of rotatable bonds is 2. The molecule has 1 nitrogen and oxygen atoms in total. The monoisotopic (exact) mass is 167 g/mol. The lowest BCUT2D eigenvalue weighted by Gasteiger charge is -2.43. The van der Waals surface area contributed by atoms with Crippen LogP contribution < -0.4 is 5.73 Å². The van der Waals surface area contributed by atoms with Crippen LogP contribution in [0.25, 0.3) is 0 Å². The zero-order valence-electron chi connectivity index (χ0n) is 6.27. The van der Waals surface area contributed by atoms with Gasteiger partial charge in [0.1, 0.15) is 0 Å². The lowest BCUT2D eigenvalue weighted by Crippen LogP contribution is -2.44. The van der Waals surface area contributed by atoms with Crippen molar-refractivity contribution in [1.82, 2.24) is 0 Å². The number of hydrogen-bond acceptors (Lipinski definition) is 1. The van der Waals surface area contributed by atoms with E-state index in [0.29, 0.717) is 12.5 Å². The minimum absolute atomic E-state index is 0. The lowest BCUT2D eigenvalue weighted by atomic mass is 9.65. The summed E-state index contributed by atoms with van der Waals surface area (Å²) in [6, 6.07) is 0.349. The topological polar surface area (TPSA) is 26.0 Å². The highest BCUT2D eigenvalue weighted by Crippen LogP contribution is 2.42. The molecule has 1 fully saturated rings. The van der Waals surface area contributed by atoms with Gasteiger partial charge in [0.15, 0.2) is 0 Å². The smallest absolute Gasteiger partial charge is 0.0899 e. The summed E-state index contributed by atoms with van der Waals surface area (Å²) in [5.41, 5.74) is 5.81. The van der Waals surface area contributed by atoms with Gasteiger partial charge in [-0.1, -0.05) is 6.92 Å². The molecule has 1 aliphatic rings. The van der Waals surface area contributed by atoms with Crippen LogP contribution >= 0.6 is 12.4 Å². The van der Waals surface area contributed by atoms with Crippen LogP contribution in [-0.2, 0) is 0 Å². The molecule has 0 aromatic heterocycles. The fourth-order valence-electron chi connectivity index (χ4n) is 1.64. The standard InChI is InChI=1S/C7H14FN.ClH/c1-7(2-3-8)4-6(9)5-7;/h6H,2-5,9H2,1H3;1H. The third-order valence-electron chi connectivity index (χ3n) is 2.21. The Morgan fingerprint density at radius 3 is 2.40 bits per heavy atom. The fraction of sp³-hybridized carbons (Fsp3) is 1.00. The highest BCUT2D eigenvalue weighted by molar-refractivity contribution is 5.85. The van der Waals surface area contributed by atoms with Gasteiger partial charge in [0.25, 0.3) is 0 Å². The Labute approximate surface area is 67.6 Å². The maximum atomic E-state index is 11.8. The molecule has 0 aromatic rings. The molecule has 0 aromatic carbocycles. The Kier molecular flexibility index (Phi) is 3.60. The van der Waals surface area contributed by atoms with E-state index in [2.05, 4.69) is 6.92 Å². The van der Waals surface area contributed by atoms with E-state index in [1.165, 1.54) is 0 Å². The second-order valence-electron chi connectivity index (χ2n) is 3.42. The van der Waals surface area contributed by atoms with Crippen LogP contribution in [0.3, 0.4) is 0 Å². The number of alkyl halides is 1. The summed E-state index contributed by atoms with van der Waals surface area (Å²) >= 11 is 0. The van der Waals surface area contributed by atoms with Gasteiger partial charge in [0.2, 0.25) is 0 Å². The van der Waals surface area contributed by atoms with Crippen molar-refractivity contribution in [3.05, 3.63) is 0 Å². The first-order valence-corrected chi connectivity index (χ1v) is 3.48. The molecular formula is C7H15ClFN. The highest BCUT2D eigenvalue weighted by atomic mass is 35.5. The van der Waals surface area contributed by atoms with E-state index in [4.69, 9.17) is 5.73 Å². The summed E-state index contributed by atoms with van der Waals surface area (Å²) in [7, 11) is 0. The van der Waals surface area contributed by atoms with Gasteiger partial charge in [0, 0.05) is 6.04 Å². The molecule has 1 aliphatic carbocycles. The number of hydrogen-bond donors (Lipinski definition) is 1. The SMILES string of the molecule is CC1(CCF)CC(N)C1.Cl. The molecule has 0 radical (unpaired) electrons. The van der Waals surface area contributed by atoms with Crippen LogP contribution in [-0.4, -0.2) is 12.7 Å². The maximum Gasteiger partial charge on any atom is 0.0899 e. The molecule has 0 saturated heterocycles. The van der Waals surface area contributed by atoms with Crippen LogP contribution in [0.5, 0.6) is 0 Å². The zero-order chi connectivity index (χ0) is 6.91. The average molecular weight is 168 g/mol. The first kappa shape index (κ1) is 10.2. The van der Waals surface area contributed by atoms with E-state index >= 15 is 0 Å². The predicted octanol–water partition coefficient (Wildman–Crippen LogP) is 1.90. The normalized spacial score (nSPS) is 38.1. The van der Waals surface area contributed by atoms with Gasteiger partial charge in [-0.15, -0.1) is 12.4 Å². The number of nitrogens with two attached hydrogens (primary N) is 1. The van der Waals surface area contributed by atoms with Crippen LogP contribution in [0.1, 0.15) is 26.2 Å². The van der Waals surface area contributed by atoms with Crippen molar-refractivity contribution in [1.29, 1.82) is 0 Å². The molecule has 2 N–H and O–H groups in total. The first-order valence-electron chi connectivity index (χ1n) is 3.48. The predicted molar refractivity (Wildman–Crippen MR) is 43.2 cm³/mol. The highest BCUT2D eigenvalue weighted by Gasteiger charge is 2.37. The maximum absolute atomic E-state index is 11.8.